The van der Waals surface area contributed by atoms with E-state index in [1.165, 1.54) is 0 Å². The minimum Gasteiger partial charge on any atom is -0.394 e. The lowest BCUT2D eigenvalue weighted by molar-refractivity contribution is -0.247. The summed E-state index contributed by atoms with van der Waals surface area (Å²) in [7, 11) is 0. The van der Waals surface area contributed by atoms with Crippen LogP contribution in [0.15, 0.2) is 0 Å². The van der Waals surface area contributed by atoms with Crippen LogP contribution >= 0.6 is 0 Å². The van der Waals surface area contributed by atoms with Crippen LogP contribution in [0.1, 0.15) is 0 Å². The Kier molecular flexibility index (Phi) is 5.06. The van der Waals surface area contributed by atoms with Crippen molar-refractivity contribution in [2.45, 2.75) is 24.3 Å². The molecule has 1 radical (unpaired) electrons. The van der Waals surface area contributed by atoms with Crippen molar-refractivity contribution >= 4 is 0 Å². The van der Waals surface area contributed by atoms with E-state index in [9.17, 15) is 0 Å². The molecule has 0 aromatic heterocycles. The fourth-order valence-corrected chi connectivity index (χ4v) is 0.990. The van der Waals surface area contributed by atoms with Gasteiger partial charge in [0.25, 0.3) is 0 Å². The number of aliphatic hydroxyl groups is 4. The first-order valence-electron chi connectivity index (χ1n) is 4.90. The number of hydrogen-bond donors (Lipinski definition) is 4. The molecule has 7 heteroatoms. The summed E-state index contributed by atoms with van der Waals surface area (Å²) >= 11 is 0. The van der Waals surface area contributed by atoms with Gasteiger partial charge in [0.2, 0.25) is 0 Å². The third-order valence-electron chi connectivity index (χ3n) is 2.02. The van der Waals surface area contributed by atoms with Gasteiger partial charge in [-0.05, 0) is 6.92 Å². The SMILES string of the molecule is [CH2]C1OC1(OCC(O)CO)OCC(O)CO. The molecule has 4 N–H and O–H groups in total. The molecule has 95 valence electrons. The van der Waals surface area contributed by atoms with Crippen molar-refractivity contribution in [1.82, 2.24) is 0 Å². The minimum absolute atomic E-state index is 0.169. The lowest BCUT2D eigenvalue weighted by Crippen LogP contribution is -2.33. The second kappa shape index (κ2) is 5.87. The average Bonchev–Trinajstić information content (AvgIpc) is 2.94. The van der Waals surface area contributed by atoms with Gasteiger partial charge in [0, 0.05) is 0 Å². The first-order valence-corrected chi connectivity index (χ1v) is 4.90. The summed E-state index contributed by atoms with van der Waals surface area (Å²) in [5.41, 5.74) is 0. The largest absolute Gasteiger partial charge is 0.394 e. The lowest BCUT2D eigenvalue weighted by Gasteiger charge is -2.17. The number of epoxide rings is 1. The van der Waals surface area contributed by atoms with E-state index in [1.807, 2.05) is 0 Å². The second-order valence-electron chi connectivity index (χ2n) is 3.50. The molecule has 0 amide bonds. The highest BCUT2D eigenvalue weighted by molar-refractivity contribution is 4.89. The van der Waals surface area contributed by atoms with Gasteiger partial charge in [-0.15, -0.1) is 0 Å². The van der Waals surface area contributed by atoms with Crippen LogP contribution in [0.25, 0.3) is 0 Å². The normalized spacial score (nSPS) is 32.4. The van der Waals surface area contributed by atoms with Crippen molar-refractivity contribution in [2.75, 3.05) is 26.4 Å². The summed E-state index contributed by atoms with van der Waals surface area (Å²) < 4.78 is 15.1. The summed E-state index contributed by atoms with van der Waals surface area (Å²) in [5.74, 6) is -1.38. The van der Waals surface area contributed by atoms with Crippen LogP contribution in [0, 0.1) is 6.92 Å². The smallest absolute Gasteiger partial charge is 0.311 e. The van der Waals surface area contributed by atoms with Gasteiger partial charge in [-0.3, -0.25) is 0 Å². The maximum absolute atomic E-state index is 9.06. The van der Waals surface area contributed by atoms with Crippen molar-refractivity contribution < 1.29 is 34.6 Å². The Morgan fingerprint density at radius 3 is 1.75 bits per heavy atom. The molecule has 0 aliphatic carbocycles. The number of rotatable bonds is 8. The Bertz CT molecular complexity index is 196. The molecule has 1 aliphatic rings. The molecule has 1 rings (SSSR count). The summed E-state index contributed by atoms with van der Waals surface area (Å²) in [6.07, 6.45) is -2.62. The van der Waals surface area contributed by atoms with E-state index < -0.39 is 37.5 Å². The Morgan fingerprint density at radius 1 is 1.12 bits per heavy atom. The van der Waals surface area contributed by atoms with Gasteiger partial charge in [-0.25, -0.2) is 0 Å². The fraction of sp³-hybridized carbons (Fsp3) is 0.889. The van der Waals surface area contributed by atoms with Gasteiger partial charge in [-0.1, -0.05) is 0 Å². The van der Waals surface area contributed by atoms with E-state index >= 15 is 0 Å². The van der Waals surface area contributed by atoms with E-state index in [1.54, 1.807) is 0 Å². The van der Waals surface area contributed by atoms with Crippen LogP contribution in [0.2, 0.25) is 0 Å². The highest BCUT2D eigenvalue weighted by Gasteiger charge is 2.58. The van der Waals surface area contributed by atoms with Crippen molar-refractivity contribution in [3.8, 4) is 0 Å². The first kappa shape index (κ1) is 13.8. The zero-order valence-corrected chi connectivity index (χ0v) is 8.78. The number of ether oxygens (including phenoxy) is 3. The van der Waals surface area contributed by atoms with Crippen molar-refractivity contribution in [3.63, 3.8) is 0 Å². The molecule has 16 heavy (non-hydrogen) atoms. The molecule has 3 unspecified atom stereocenters. The van der Waals surface area contributed by atoms with Gasteiger partial charge in [0.1, 0.15) is 18.3 Å². The topological polar surface area (TPSA) is 112 Å². The predicted molar refractivity (Wildman–Crippen MR) is 51.1 cm³/mol. The van der Waals surface area contributed by atoms with Crippen LogP contribution in [0.4, 0.5) is 0 Å². The zero-order chi connectivity index (χ0) is 12.2. The summed E-state index contributed by atoms with van der Waals surface area (Å²) in [4.78, 5) is 0. The average molecular weight is 237 g/mol. The molecule has 1 aliphatic heterocycles. The number of aliphatic hydroxyl groups excluding tert-OH is 4. The molecular weight excluding hydrogens is 220 g/mol. The molecule has 1 fully saturated rings. The van der Waals surface area contributed by atoms with E-state index in [-0.39, 0.29) is 13.2 Å². The molecule has 3 atom stereocenters. The standard InChI is InChI=1S/C9H17O7/c1-6-9(16-6,14-4-7(12)2-10)15-5-8(13)3-11/h6-8,10-13H,1-5H2. The first-order chi connectivity index (χ1) is 7.54. The molecule has 0 bridgehead atoms. The summed E-state index contributed by atoms with van der Waals surface area (Å²) in [5, 5.41) is 35.3. The van der Waals surface area contributed by atoms with Crippen molar-refractivity contribution in [3.05, 3.63) is 6.92 Å². The van der Waals surface area contributed by atoms with E-state index in [0.717, 1.165) is 0 Å². The molecule has 0 spiro atoms. The van der Waals surface area contributed by atoms with E-state index in [4.69, 9.17) is 34.6 Å². The summed E-state index contributed by atoms with van der Waals surface area (Å²) in [6, 6.07) is 0. The lowest BCUT2D eigenvalue weighted by atomic mass is 10.4. The summed E-state index contributed by atoms with van der Waals surface area (Å²) in [6.45, 7) is 2.35. The van der Waals surface area contributed by atoms with Crippen LogP contribution in [-0.2, 0) is 14.2 Å². The zero-order valence-electron chi connectivity index (χ0n) is 8.78. The highest BCUT2D eigenvalue weighted by Crippen LogP contribution is 2.38. The molecule has 0 aromatic carbocycles. The van der Waals surface area contributed by atoms with Crippen LogP contribution in [0.5, 0.6) is 0 Å². The van der Waals surface area contributed by atoms with Crippen LogP contribution in [0.3, 0.4) is 0 Å². The van der Waals surface area contributed by atoms with E-state index in [2.05, 4.69) is 6.92 Å². The Morgan fingerprint density at radius 2 is 1.50 bits per heavy atom. The Balaban J connectivity index is 2.29. The van der Waals surface area contributed by atoms with Crippen molar-refractivity contribution in [2.24, 2.45) is 0 Å². The quantitative estimate of drug-likeness (QED) is 0.275. The van der Waals surface area contributed by atoms with Gasteiger partial charge < -0.3 is 34.6 Å². The molecule has 7 nitrogen and oxygen atoms in total. The predicted octanol–water partition coefficient (Wildman–Crippen LogP) is -2.39. The molecule has 0 aromatic rings. The molecule has 1 saturated heterocycles. The fourth-order valence-electron chi connectivity index (χ4n) is 0.990. The third kappa shape index (κ3) is 3.63. The Labute approximate surface area is 93.2 Å². The number of hydrogen-bond acceptors (Lipinski definition) is 7. The third-order valence-corrected chi connectivity index (χ3v) is 2.02. The van der Waals surface area contributed by atoms with Crippen LogP contribution < -0.4 is 0 Å². The van der Waals surface area contributed by atoms with Crippen molar-refractivity contribution in [1.29, 1.82) is 0 Å². The monoisotopic (exact) mass is 237 g/mol. The van der Waals surface area contributed by atoms with Gasteiger partial charge in [-0.2, -0.15) is 0 Å². The van der Waals surface area contributed by atoms with Crippen LogP contribution in [-0.4, -0.2) is 71.1 Å². The van der Waals surface area contributed by atoms with Gasteiger partial charge in [0.15, 0.2) is 0 Å². The molecule has 0 saturated carbocycles. The second-order valence-corrected chi connectivity index (χ2v) is 3.50. The van der Waals surface area contributed by atoms with E-state index in [0.29, 0.717) is 0 Å². The Hall–Kier alpha value is -0.280. The van der Waals surface area contributed by atoms with Gasteiger partial charge >= 0.3 is 5.97 Å². The maximum Gasteiger partial charge on any atom is 0.311 e. The minimum atomic E-state index is -1.38. The maximum atomic E-state index is 9.06. The molecular formula is C9H17O7. The highest BCUT2D eigenvalue weighted by atomic mass is 16.9. The van der Waals surface area contributed by atoms with Gasteiger partial charge in [0.05, 0.1) is 26.4 Å². The molecule has 1 heterocycles.